The van der Waals surface area contributed by atoms with Crippen molar-refractivity contribution >= 4 is 39.1 Å². The van der Waals surface area contributed by atoms with Gasteiger partial charge in [-0.1, -0.05) is 6.07 Å². The first-order valence-corrected chi connectivity index (χ1v) is 6.61. The molecule has 7 heteroatoms. The van der Waals surface area contributed by atoms with Gasteiger partial charge in [-0.25, -0.2) is 9.97 Å². The predicted molar refractivity (Wildman–Crippen MR) is 75.6 cm³/mol. The number of carbonyl (C=O) groups excluding carboxylic acids is 1. The lowest BCUT2D eigenvalue weighted by Gasteiger charge is -2.06. The summed E-state index contributed by atoms with van der Waals surface area (Å²) in [6.45, 7) is 0. The number of amides is 1. The standard InChI is InChI=1S/C12H9BrClN3O2/c13-8-6-15-12(16-7-8)19-10-3-1-2-9(4-10)17-11(18)5-14/h1-4,6-7H,5H2,(H,17,18). The van der Waals surface area contributed by atoms with Crippen LogP contribution < -0.4 is 10.1 Å². The number of hydrogen-bond acceptors (Lipinski definition) is 4. The van der Waals surface area contributed by atoms with Crippen LogP contribution in [0.15, 0.2) is 41.1 Å². The summed E-state index contributed by atoms with van der Waals surface area (Å²) < 4.78 is 6.23. The zero-order valence-corrected chi connectivity index (χ0v) is 12.0. The van der Waals surface area contributed by atoms with E-state index in [1.54, 1.807) is 36.7 Å². The molecule has 0 saturated carbocycles. The molecule has 1 heterocycles. The van der Waals surface area contributed by atoms with E-state index in [0.717, 1.165) is 4.47 Å². The van der Waals surface area contributed by atoms with E-state index in [0.29, 0.717) is 11.4 Å². The van der Waals surface area contributed by atoms with Crippen molar-refractivity contribution in [3.63, 3.8) is 0 Å². The number of alkyl halides is 1. The lowest BCUT2D eigenvalue weighted by molar-refractivity contribution is -0.113. The number of nitrogens with one attached hydrogen (secondary N) is 1. The van der Waals surface area contributed by atoms with Crippen LogP contribution >= 0.6 is 27.5 Å². The molecule has 0 spiro atoms. The number of aromatic nitrogens is 2. The van der Waals surface area contributed by atoms with Gasteiger partial charge in [-0.15, -0.1) is 11.6 Å². The minimum absolute atomic E-state index is 0.0963. The number of halogens is 2. The van der Waals surface area contributed by atoms with Gasteiger partial charge in [0.25, 0.3) is 0 Å². The number of anilines is 1. The Hall–Kier alpha value is -1.66. The third kappa shape index (κ3) is 4.18. The summed E-state index contributed by atoms with van der Waals surface area (Å²) in [6.07, 6.45) is 3.17. The second-order valence-corrected chi connectivity index (χ2v) is 4.68. The van der Waals surface area contributed by atoms with Crippen molar-refractivity contribution < 1.29 is 9.53 Å². The molecule has 2 rings (SSSR count). The second-order valence-electron chi connectivity index (χ2n) is 3.50. The van der Waals surface area contributed by atoms with Gasteiger partial charge < -0.3 is 10.1 Å². The van der Waals surface area contributed by atoms with Crippen LogP contribution in [0.4, 0.5) is 5.69 Å². The first kappa shape index (κ1) is 13.8. The van der Waals surface area contributed by atoms with Gasteiger partial charge in [-0.2, -0.15) is 0 Å². The van der Waals surface area contributed by atoms with Crippen LogP contribution in [0, 0.1) is 0 Å². The minimum Gasteiger partial charge on any atom is -0.424 e. The van der Waals surface area contributed by atoms with Gasteiger partial charge in [0.1, 0.15) is 11.6 Å². The second kappa shape index (κ2) is 6.49. The third-order valence-electron chi connectivity index (χ3n) is 2.04. The molecule has 0 aliphatic rings. The van der Waals surface area contributed by atoms with E-state index < -0.39 is 0 Å². The van der Waals surface area contributed by atoms with Crippen LogP contribution in [0.3, 0.4) is 0 Å². The highest BCUT2D eigenvalue weighted by molar-refractivity contribution is 9.10. The Labute approximate surface area is 123 Å². The Morgan fingerprint density at radius 3 is 2.79 bits per heavy atom. The van der Waals surface area contributed by atoms with Crippen molar-refractivity contribution in [2.75, 3.05) is 11.2 Å². The Kier molecular flexibility index (Phi) is 4.70. The van der Waals surface area contributed by atoms with E-state index in [4.69, 9.17) is 16.3 Å². The maximum Gasteiger partial charge on any atom is 0.321 e. The molecule has 1 N–H and O–H groups in total. The predicted octanol–water partition coefficient (Wildman–Crippen LogP) is 3.21. The fraction of sp³-hybridized carbons (Fsp3) is 0.0833. The summed E-state index contributed by atoms with van der Waals surface area (Å²) in [7, 11) is 0. The van der Waals surface area contributed by atoms with E-state index >= 15 is 0 Å². The number of rotatable bonds is 4. The maximum atomic E-state index is 11.2. The van der Waals surface area contributed by atoms with E-state index in [2.05, 4.69) is 31.2 Å². The van der Waals surface area contributed by atoms with Crippen molar-refractivity contribution in [3.8, 4) is 11.8 Å². The Morgan fingerprint density at radius 1 is 1.37 bits per heavy atom. The monoisotopic (exact) mass is 341 g/mol. The van der Waals surface area contributed by atoms with Gasteiger partial charge in [0.15, 0.2) is 0 Å². The van der Waals surface area contributed by atoms with Crippen LogP contribution in [-0.2, 0) is 4.79 Å². The van der Waals surface area contributed by atoms with Crippen molar-refractivity contribution in [3.05, 3.63) is 41.1 Å². The molecule has 2 aromatic rings. The van der Waals surface area contributed by atoms with Gasteiger partial charge in [0, 0.05) is 24.1 Å². The molecule has 0 bridgehead atoms. The topological polar surface area (TPSA) is 64.1 Å². The van der Waals surface area contributed by atoms with Crippen LogP contribution in [0.5, 0.6) is 11.8 Å². The lowest BCUT2D eigenvalue weighted by atomic mass is 10.3. The Bertz CT molecular complexity index is 577. The normalized spacial score (nSPS) is 10.0. The summed E-state index contributed by atoms with van der Waals surface area (Å²) >= 11 is 8.66. The summed E-state index contributed by atoms with van der Waals surface area (Å²) in [6, 6.07) is 7.11. The van der Waals surface area contributed by atoms with Gasteiger partial charge in [-0.3, -0.25) is 4.79 Å². The SMILES string of the molecule is O=C(CCl)Nc1cccc(Oc2ncc(Br)cn2)c1. The summed E-state index contributed by atoms with van der Waals surface area (Å²) in [5, 5.41) is 2.63. The minimum atomic E-state index is -0.279. The van der Waals surface area contributed by atoms with E-state index in [9.17, 15) is 4.79 Å². The van der Waals surface area contributed by atoms with Crippen LogP contribution in [-0.4, -0.2) is 21.8 Å². The largest absolute Gasteiger partial charge is 0.424 e. The first-order valence-electron chi connectivity index (χ1n) is 5.28. The third-order valence-corrected chi connectivity index (χ3v) is 2.70. The molecule has 19 heavy (non-hydrogen) atoms. The number of hydrogen-bond donors (Lipinski definition) is 1. The van der Waals surface area contributed by atoms with Gasteiger partial charge in [-0.05, 0) is 28.1 Å². The average molecular weight is 343 g/mol. The number of carbonyl (C=O) groups is 1. The quantitative estimate of drug-likeness (QED) is 0.867. The zero-order valence-electron chi connectivity index (χ0n) is 9.64. The molecular weight excluding hydrogens is 334 g/mol. The molecule has 98 valence electrons. The van der Waals surface area contributed by atoms with E-state index in [1.807, 2.05) is 0 Å². The van der Waals surface area contributed by atoms with Crippen molar-refractivity contribution in [1.29, 1.82) is 0 Å². The number of ether oxygens (including phenoxy) is 1. The highest BCUT2D eigenvalue weighted by Gasteiger charge is 2.04. The molecule has 0 aliphatic heterocycles. The molecule has 0 radical (unpaired) electrons. The molecule has 5 nitrogen and oxygen atoms in total. The Morgan fingerprint density at radius 2 is 2.11 bits per heavy atom. The molecule has 1 aromatic heterocycles. The van der Waals surface area contributed by atoms with Crippen LogP contribution in [0.2, 0.25) is 0 Å². The summed E-state index contributed by atoms with van der Waals surface area (Å²) in [4.78, 5) is 19.2. The van der Waals surface area contributed by atoms with Crippen LogP contribution in [0.25, 0.3) is 0 Å². The number of nitrogens with zero attached hydrogens (tertiary/aromatic N) is 2. The molecule has 0 atom stereocenters. The van der Waals surface area contributed by atoms with E-state index in [-0.39, 0.29) is 17.8 Å². The molecule has 0 fully saturated rings. The van der Waals surface area contributed by atoms with E-state index in [1.165, 1.54) is 0 Å². The molecule has 1 aromatic carbocycles. The van der Waals surface area contributed by atoms with Crippen LogP contribution in [0.1, 0.15) is 0 Å². The average Bonchev–Trinajstić information content (AvgIpc) is 2.42. The van der Waals surface area contributed by atoms with Crippen molar-refractivity contribution in [2.24, 2.45) is 0 Å². The molecule has 1 amide bonds. The van der Waals surface area contributed by atoms with Gasteiger partial charge in [0.2, 0.25) is 5.91 Å². The molecule has 0 unspecified atom stereocenters. The van der Waals surface area contributed by atoms with Gasteiger partial charge >= 0.3 is 6.01 Å². The highest BCUT2D eigenvalue weighted by Crippen LogP contribution is 2.22. The fourth-order valence-electron chi connectivity index (χ4n) is 1.29. The highest BCUT2D eigenvalue weighted by atomic mass is 79.9. The molecule has 0 saturated heterocycles. The molecule has 0 aliphatic carbocycles. The number of benzene rings is 1. The Balaban J connectivity index is 2.10. The summed E-state index contributed by atoms with van der Waals surface area (Å²) in [5.41, 5.74) is 0.597. The fourth-order valence-corrected chi connectivity index (χ4v) is 1.56. The maximum absolute atomic E-state index is 11.2. The van der Waals surface area contributed by atoms with Gasteiger partial charge in [0.05, 0.1) is 4.47 Å². The zero-order chi connectivity index (χ0) is 13.7. The molecular formula is C12H9BrClN3O2. The van der Waals surface area contributed by atoms with Crippen molar-refractivity contribution in [2.45, 2.75) is 0 Å². The smallest absolute Gasteiger partial charge is 0.321 e. The summed E-state index contributed by atoms with van der Waals surface area (Å²) in [5.74, 6) is 0.148. The lowest BCUT2D eigenvalue weighted by Crippen LogP contribution is -2.12. The first-order chi connectivity index (χ1) is 9.17. The van der Waals surface area contributed by atoms with Crippen molar-refractivity contribution in [1.82, 2.24) is 9.97 Å².